The fourth-order valence-corrected chi connectivity index (χ4v) is 3.36. The first-order valence-electron chi connectivity index (χ1n) is 8.90. The Morgan fingerprint density at radius 1 is 0.929 bits per heavy atom. The summed E-state index contributed by atoms with van der Waals surface area (Å²) in [5.41, 5.74) is 4.91. The van der Waals surface area contributed by atoms with Crippen molar-refractivity contribution in [1.29, 1.82) is 0 Å². The molecule has 0 aliphatic heterocycles. The van der Waals surface area contributed by atoms with Crippen molar-refractivity contribution in [2.75, 3.05) is 5.32 Å². The van der Waals surface area contributed by atoms with Crippen LogP contribution in [0.2, 0.25) is 5.02 Å². The summed E-state index contributed by atoms with van der Waals surface area (Å²) in [6.45, 7) is 2.06. The third kappa shape index (κ3) is 3.06. The van der Waals surface area contributed by atoms with Gasteiger partial charge in [0.05, 0.1) is 17.2 Å². The van der Waals surface area contributed by atoms with Gasteiger partial charge < -0.3 is 5.32 Å². The lowest BCUT2D eigenvalue weighted by atomic mass is 10.1. The van der Waals surface area contributed by atoms with Crippen LogP contribution in [0.4, 0.5) is 11.5 Å². The summed E-state index contributed by atoms with van der Waals surface area (Å²) in [4.78, 5) is 9.54. The predicted octanol–water partition coefficient (Wildman–Crippen LogP) is 5.88. The Bertz CT molecular complexity index is 1310. The van der Waals surface area contributed by atoms with Crippen LogP contribution in [-0.4, -0.2) is 20.2 Å². The lowest BCUT2D eigenvalue weighted by Crippen LogP contribution is -1.99. The largest absolute Gasteiger partial charge is 0.340 e. The molecule has 2 aromatic heterocycles. The average molecular weight is 386 g/mol. The van der Waals surface area contributed by atoms with E-state index in [1.54, 1.807) is 6.20 Å². The normalized spacial score (nSPS) is 11.2. The molecular weight excluding hydrogens is 370 g/mol. The van der Waals surface area contributed by atoms with Crippen molar-refractivity contribution in [3.63, 3.8) is 0 Å². The van der Waals surface area contributed by atoms with Crippen molar-refractivity contribution >= 4 is 44.9 Å². The molecule has 28 heavy (non-hydrogen) atoms. The maximum Gasteiger partial charge on any atom is 0.162 e. The number of aromatic amines is 1. The molecule has 0 atom stereocenters. The summed E-state index contributed by atoms with van der Waals surface area (Å²) >= 11 is 6.24. The second-order valence-electron chi connectivity index (χ2n) is 6.72. The van der Waals surface area contributed by atoms with Crippen molar-refractivity contribution in [3.8, 4) is 11.4 Å². The molecule has 0 unspecified atom stereocenters. The number of aromatic nitrogens is 4. The van der Waals surface area contributed by atoms with E-state index in [1.807, 2.05) is 48.5 Å². The number of nitrogens with zero attached hydrogens (tertiary/aromatic N) is 3. The Morgan fingerprint density at radius 3 is 2.64 bits per heavy atom. The molecule has 0 amide bonds. The summed E-state index contributed by atoms with van der Waals surface area (Å²) in [5, 5.41) is 13.0. The molecule has 0 saturated carbocycles. The summed E-state index contributed by atoms with van der Waals surface area (Å²) in [7, 11) is 0. The first-order valence-corrected chi connectivity index (χ1v) is 9.28. The fraction of sp³-hybridized carbons (Fsp3) is 0.0455. The van der Waals surface area contributed by atoms with Gasteiger partial charge in [0.15, 0.2) is 5.82 Å². The number of rotatable bonds is 3. The van der Waals surface area contributed by atoms with E-state index in [-0.39, 0.29) is 0 Å². The number of hydrogen-bond acceptors (Lipinski definition) is 4. The van der Waals surface area contributed by atoms with Gasteiger partial charge in [0.2, 0.25) is 0 Å². The summed E-state index contributed by atoms with van der Waals surface area (Å²) in [6.07, 6.45) is 1.80. The molecule has 0 bridgehead atoms. The number of hydrogen-bond donors (Lipinski definition) is 2. The number of anilines is 2. The van der Waals surface area contributed by atoms with E-state index in [0.717, 1.165) is 33.1 Å². The topological polar surface area (TPSA) is 66.5 Å². The quantitative estimate of drug-likeness (QED) is 0.407. The van der Waals surface area contributed by atoms with Crippen molar-refractivity contribution in [2.45, 2.75) is 6.92 Å². The number of aryl methyl sites for hydroxylation is 1. The first kappa shape index (κ1) is 16.7. The summed E-state index contributed by atoms with van der Waals surface area (Å²) < 4.78 is 0. The number of fused-ring (bicyclic) bond motifs is 2. The van der Waals surface area contributed by atoms with Gasteiger partial charge in [-0.3, -0.25) is 5.10 Å². The predicted molar refractivity (Wildman–Crippen MR) is 114 cm³/mol. The lowest BCUT2D eigenvalue weighted by molar-refractivity contribution is 1.12. The molecule has 2 heterocycles. The zero-order valence-electron chi connectivity index (χ0n) is 15.1. The Kier molecular flexibility index (Phi) is 3.95. The standard InChI is InChI=1S/C22H16ClN5/c1-13-2-4-14(5-3-13)21-26-20-8-6-16(23)11-18(20)22(27-21)25-17-7-9-19-15(10-17)12-24-28-19/h2-12H,1H3,(H,24,28)(H,25,26,27). The second-order valence-corrected chi connectivity index (χ2v) is 7.16. The molecule has 136 valence electrons. The van der Waals surface area contributed by atoms with Crippen LogP contribution in [0.5, 0.6) is 0 Å². The molecule has 3 aromatic carbocycles. The average Bonchev–Trinajstić information content (AvgIpc) is 3.17. The van der Waals surface area contributed by atoms with Gasteiger partial charge in [-0.05, 0) is 43.3 Å². The number of benzene rings is 3. The molecule has 2 N–H and O–H groups in total. The number of nitrogens with one attached hydrogen (secondary N) is 2. The Hall–Kier alpha value is -3.44. The van der Waals surface area contributed by atoms with Gasteiger partial charge in [-0.25, -0.2) is 9.97 Å². The summed E-state index contributed by atoms with van der Waals surface area (Å²) in [6, 6.07) is 19.8. The molecule has 0 radical (unpaired) electrons. The van der Waals surface area contributed by atoms with Crippen LogP contribution in [0.15, 0.2) is 66.9 Å². The molecule has 5 rings (SSSR count). The second kappa shape index (κ2) is 6.62. The van der Waals surface area contributed by atoms with Gasteiger partial charge in [0, 0.05) is 27.0 Å². The Labute approximate surface area is 166 Å². The van der Waals surface area contributed by atoms with Crippen LogP contribution in [0.3, 0.4) is 0 Å². The van der Waals surface area contributed by atoms with E-state index in [4.69, 9.17) is 21.6 Å². The fourth-order valence-electron chi connectivity index (χ4n) is 3.18. The van der Waals surface area contributed by atoms with Gasteiger partial charge in [0.25, 0.3) is 0 Å². The van der Waals surface area contributed by atoms with Crippen LogP contribution in [0.25, 0.3) is 33.2 Å². The van der Waals surface area contributed by atoms with Crippen molar-refractivity contribution in [2.24, 2.45) is 0 Å². The molecule has 0 spiro atoms. The van der Waals surface area contributed by atoms with Gasteiger partial charge in [-0.15, -0.1) is 0 Å². The molecular formula is C22H16ClN5. The monoisotopic (exact) mass is 385 g/mol. The van der Waals surface area contributed by atoms with Gasteiger partial charge >= 0.3 is 0 Å². The van der Waals surface area contributed by atoms with Crippen LogP contribution < -0.4 is 5.32 Å². The third-order valence-electron chi connectivity index (χ3n) is 4.67. The van der Waals surface area contributed by atoms with Gasteiger partial charge in [-0.1, -0.05) is 41.4 Å². The Morgan fingerprint density at radius 2 is 1.79 bits per heavy atom. The van der Waals surface area contributed by atoms with Crippen LogP contribution in [0.1, 0.15) is 5.56 Å². The number of H-pyrrole nitrogens is 1. The first-order chi connectivity index (χ1) is 13.7. The van der Waals surface area contributed by atoms with Crippen LogP contribution >= 0.6 is 11.6 Å². The highest BCUT2D eigenvalue weighted by Gasteiger charge is 2.11. The number of halogens is 1. The molecule has 5 nitrogen and oxygen atoms in total. The third-order valence-corrected chi connectivity index (χ3v) is 4.91. The van der Waals surface area contributed by atoms with Crippen molar-refractivity contribution < 1.29 is 0 Å². The SMILES string of the molecule is Cc1ccc(-c2nc(Nc3ccc4[nH]ncc4c3)c3cc(Cl)ccc3n2)cc1. The maximum absolute atomic E-state index is 6.24. The van der Waals surface area contributed by atoms with Crippen molar-refractivity contribution in [3.05, 3.63) is 77.4 Å². The molecule has 0 aliphatic rings. The van der Waals surface area contributed by atoms with Crippen molar-refractivity contribution in [1.82, 2.24) is 20.2 Å². The Balaban J connectivity index is 1.66. The molecule has 0 fully saturated rings. The lowest BCUT2D eigenvalue weighted by Gasteiger charge is -2.12. The summed E-state index contributed by atoms with van der Waals surface area (Å²) in [5.74, 6) is 1.38. The van der Waals surface area contributed by atoms with E-state index < -0.39 is 0 Å². The van der Waals surface area contributed by atoms with E-state index in [9.17, 15) is 0 Å². The highest BCUT2D eigenvalue weighted by atomic mass is 35.5. The van der Waals surface area contributed by atoms with Crippen LogP contribution in [-0.2, 0) is 0 Å². The maximum atomic E-state index is 6.24. The van der Waals surface area contributed by atoms with Crippen LogP contribution in [0, 0.1) is 6.92 Å². The van der Waals surface area contributed by atoms with E-state index in [2.05, 4.69) is 34.6 Å². The zero-order valence-corrected chi connectivity index (χ0v) is 15.8. The molecule has 6 heteroatoms. The molecule has 5 aromatic rings. The minimum Gasteiger partial charge on any atom is -0.340 e. The minimum absolute atomic E-state index is 0.646. The zero-order chi connectivity index (χ0) is 19.1. The van der Waals surface area contributed by atoms with Gasteiger partial charge in [0.1, 0.15) is 5.82 Å². The van der Waals surface area contributed by atoms with E-state index in [1.165, 1.54) is 5.56 Å². The van der Waals surface area contributed by atoms with E-state index >= 15 is 0 Å². The van der Waals surface area contributed by atoms with Gasteiger partial charge in [-0.2, -0.15) is 5.10 Å². The van der Waals surface area contributed by atoms with E-state index in [0.29, 0.717) is 16.7 Å². The smallest absolute Gasteiger partial charge is 0.162 e. The molecule has 0 aliphatic carbocycles. The minimum atomic E-state index is 0.646. The molecule has 0 saturated heterocycles. The highest BCUT2D eigenvalue weighted by Crippen LogP contribution is 2.30. The highest BCUT2D eigenvalue weighted by molar-refractivity contribution is 6.31.